The Morgan fingerprint density at radius 2 is 1.14 bits per heavy atom. The molecule has 1 atom stereocenters. The summed E-state index contributed by atoms with van der Waals surface area (Å²) in [6, 6.07) is 18.4. The highest BCUT2D eigenvalue weighted by atomic mass is 31.2. The van der Waals surface area contributed by atoms with Gasteiger partial charge in [-0.05, 0) is 60.7 Å². The van der Waals surface area contributed by atoms with Crippen LogP contribution in [0.2, 0.25) is 0 Å². The van der Waals surface area contributed by atoms with Gasteiger partial charge in [0.05, 0.1) is 59.7 Å². The first-order chi connectivity index (χ1) is 20.9. The second-order valence-corrected chi connectivity index (χ2v) is 12.0. The number of nitrogens with two attached hydrogens (primary N) is 2. The van der Waals surface area contributed by atoms with Crippen LogP contribution in [0.5, 0.6) is 23.0 Å². The fourth-order valence-corrected chi connectivity index (χ4v) is 4.12. The van der Waals surface area contributed by atoms with Gasteiger partial charge in [-0.15, -0.1) is 0 Å². The van der Waals surface area contributed by atoms with E-state index in [-0.39, 0.29) is 51.8 Å². The second-order valence-electron chi connectivity index (χ2n) is 10.5. The monoisotopic (exact) mass is 634 g/mol. The minimum absolute atomic E-state index is 0.00252. The van der Waals surface area contributed by atoms with E-state index >= 15 is 0 Å². The van der Waals surface area contributed by atoms with Crippen molar-refractivity contribution in [3.05, 3.63) is 72.3 Å². The summed E-state index contributed by atoms with van der Waals surface area (Å²) in [4.78, 5) is 22.5. The van der Waals surface area contributed by atoms with Gasteiger partial charge in [-0.25, -0.2) is 9.36 Å². The minimum Gasteiger partial charge on any atom is -0.460 e. The molecule has 0 spiro atoms. The largest absolute Gasteiger partial charge is 0.472 e. The zero-order valence-electron chi connectivity index (χ0n) is 25.2. The molecule has 0 aromatic heterocycles. The minimum atomic E-state index is -4.12. The van der Waals surface area contributed by atoms with Gasteiger partial charge in [-0.1, -0.05) is 0 Å². The van der Waals surface area contributed by atoms with Crippen molar-refractivity contribution in [2.45, 2.75) is 0 Å². The van der Waals surface area contributed by atoms with Gasteiger partial charge < -0.3 is 44.5 Å². The Morgan fingerprint density at radius 3 is 1.64 bits per heavy atom. The number of ether oxygens (including phenoxy) is 5. The van der Waals surface area contributed by atoms with Crippen molar-refractivity contribution >= 4 is 25.2 Å². The van der Waals surface area contributed by atoms with E-state index in [1.54, 1.807) is 66.7 Å². The molecule has 3 aromatic carbocycles. The van der Waals surface area contributed by atoms with Gasteiger partial charge in [0.15, 0.2) is 0 Å². The number of likely N-dealkylation sites (N-methyl/N-ethyl adjacent to an activating group) is 1. The number of carbonyl (C=O) groups is 1. The standard InChI is InChI=1S/C30H40N3O10P/c1-33(2,3)12-13-40-44(35,36)41-19-17-38-15-14-37-16-18-39-30(34)23-20-28(42-26-8-4-24(31)5-9-26)22-29(21-23)43-27-10-6-25(32)7-11-27/h4-11,20-22H,12-19,31-32H2,1-3H3/p+1. The fourth-order valence-electron chi connectivity index (χ4n) is 3.43. The van der Waals surface area contributed by atoms with E-state index in [1.165, 1.54) is 0 Å². The highest BCUT2D eigenvalue weighted by Gasteiger charge is 2.22. The van der Waals surface area contributed by atoms with Crippen molar-refractivity contribution in [1.82, 2.24) is 0 Å². The van der Waals surface area contributed by atoms with Crippen LogP contribution in [0.25, 0.3) is 0 Å². The number of hydrogen-bond acceptors (Lipinski definition) is 11. The highest BCUT2D eigenvalue weighted by Crippen LogP contribution is 2.42. The molecular weight excluding hydrogens is 593 g/mol. The third-order valence-electron chi connectivity index (χ3n) is 5.68. The number of nitrogen functional groups attached to an aromatic ring is 2. The van der Waals surface area contributed by atoms with Crippen molar-refractivity contribution in [3.63, 3.8) is 0 Å². The molecule has 0 aliphatic rings. The normalized spacial score (nSPS) is 12.8. The van der Waals surface area contributed by atoms with E-state index in [0.717, 1.165) is 0 Å². The molecule has 44 heavy (non-hydrogen) atoms. The third-order valence-corrected chi connectivity index (χ3v) is 6.70. The number of hydrogen-bond donors (Lipinski definition) is 3. The molecule has 3 rings (SSSR count). The molecule has 0 heterocycles. The maximum absolute atomic E-state index is 12.8. The summed E-state index contributed by atoms with van der Waals surface area (Å²) >= 11 is 0. The molecule has 0 bridgehead atoms. The van der Waals surface area contributed by atoms with Gasteiger partial charge >= 0.3 is 13.8 Å². The lowest BCUT2D eigenvalue weighted by Crippen LogP contribution is -2.37. The number of benzene rings is 3. The van der Waals surface area contributed by atoms with Crippen molar-refractivity contribution in [1.29, 1.82) is 0 Å². The molecule has 14 heteroatoms. The zero-order chi connectivity index (χ0) is 32.0. The molecule has 0 aliphatic heterocycles. The first kappa shape index (κ1) is 34.8. The molecule has 0 aliphatic carbocycles. The SMILES string of the molecule is C[N+](C)(C)CCOP(=O)(O)OCCOCCOCCOC(=O)c1cc(Oc2ccc(N)cc2)cc(Oc2ccc(N)cc2)c1. The van der Waals surface area contributed by atoms with Crippen molar-refractivity contribution < 1.29 is 51.5 Å². The fraction of sp³-hybridized carbons (Fsp3) is 0.367. The maximum Gasteiger partial charge on any atom is 0.472 e. The van der Waals surface area contributed by atoms with Crippen LogP contribution in [0.15, 0.2) is 66.7 Å². The predicted octanol–water partition coefficient (Wildman–Crippen LogP) is 4.47. The van der Waals surface area contributed by atoms with Crippen molar-refractivity contribution in [3.8, 4) is 23.0 Å². The lowest BCUT2D eigenvalue weighted by molar-refractivity contribution is -0.870. The second kappa shape index (κ2) is 17.0. The van der Waals surface area contributed by atoms with Gasteiger partial charge in [0.1, 0.15) is 42.8 Å². The predicted molar refractivity (Wildman–Crippen MR) is 165 cm³/mol. The number of phosphoric ester groups is 1. The number of nitrogens with zero attached hydrogens (tertiary/aromatic N) is 1. The first-order valence-corrected chi connectivity index (χ1v) is 15.3. The van der Waals surface area contributed by atoms with Crippen LogP contribution in [0.1, 0.15) is 10.4 Å². The molecule has 1 unspecified atom stereocenters. The summed E-state index contributed by atoms with van der Waals surface area (Å²) in [7, 11) is 1.71. The van der Waals surface area contributed by atoms with Crippen LogP contribution in [0.3, 0.4) is 0 Å². The van der Waals surface area contributed by atoms with E-state index in [1.807, 2.05) is 21.1 Å². The molecule has 13 nitrogen and oxygen atoms in total. The van der Waals surface area contributed by atoms with E-state index in [0.29, 0.717) is 45.4 Å². The van der Waals surface area contributed by atoms with E-state index < -0.39 is 13.8 Å². The Balaban J connectivity index is 1.41. The van der Waals surface area contributed by atoms with Gasteiger partial charge in [-0.3, -0.25) is 9.05 Å². The van der Waals surface area contributed by atoms with Gasteiger partial charge in [0, 0.05) is 17.4 Å². The first-order valence-electron chi connectivity index (χ1n) is 13.9. The van der Waals surface area contributed by atoms with E-state index in [2.05, 4.69) is 0 Å². The summed E-state index contributed by atoms with van der Waals surface area (Å²) in [5, 5.41) is 0. The smallest absolute Gasteiger partial charge is 0.460 e. The van der Waals surface area contributed by atoms with Crippen molar-refractivity contribution in [2.24, 2.45) is 0 Å². The molecule has 0 amide bonds. The molecule has 5 N–H and O–H groups in total. The molecule has 3 aromatic rings. The average molecular weight is 635 g/mol. The van der Waals surface area contributed by atoms with E-state index in [9.17, 15) is 14.3 Å². The highest BCUT2D eigenvalue weighted by molar-refractivity contribution is 7.47. The van der Waals surface area contributed by atoms with Gasteiger partial charge in [0.2, 0.25) is 0 Å². The summed E-state index contributed by atoms with van der Waals surface area (Å²) in [5.74, 6) is 1.18. The molecule has 0 fully saturated rings. The van der Waals surface area contributed by atoms with Gasteiger partial charge in [0.25, 0.3) is 0 Å². The average Bonchev–Trinajstić information content (AvgIpc) is 2.95. The number of rotatable bonds is 19. The molecule has 0 saturated carbocycles. The van der Waals surface area contributed by atoms with Gasteiger partial charge in [-0.2, -0.15) is 0 Å². The quantitative estimate of drug-likeness (QED) is 0.0557. The van der Waals surface area contributed by atoms with Crippen LogP contribution in [0, 0.1) is 0 Å². The van der Waals surface area contributed by atoms with Crippen LogP contribution < -0.4 is 20.9 Å². The Morgan fingerprint density at radius 1 is 0.682 bits per heavy atom. The Labute approximate surface area is 257 Å². The van der Waals surface area contributed by atoms with Crippen molar-refractivity contribution in [2.75, 3.05) is 85.4 Å². The Kier molecular flexibility index (Phi) is 13.4. The number of phosphoric acid groups is 1. The topological polar surface area (TPSA) is 171 Å². The number of quaternary nitrogens is 1. The maximum atomic E-state index is 12.8. The summed E-state index contributed by atoms with van der Waals surface area (Å²) < 4.78 is 50.2. The molecule has 240 valence electrons. The molecule has 0 radical (unpaired) electrons. The summed E-state index contributed by atoms with van der Waals surface area (Å²) in [6.07, 6.45) is 0. The summed E-state index contributed by atoms with van der Waals surface area (Å²) in [6.45, 7) is 1.19. The summed E-state index contributed by atoms with van der Waals surface area (Å²) in [5.41, 5.74) is 12.9. The van der Waals surface area contributed by atoms with E-state index in [4.69, 9.17) is 44.2 Å². The van der Waals surface area contributed by atoms with Crippen LogP contribution in [-0.2, 0) is 27.8 Å². The Bertz CT molecular complexity index is 1300. The Hall–Kier alpha value is -3.68. The van der Waals surface area contributed by atoms with Crippen LogP contribution >= 0.6 is 7.82 Å². The number of carbonyl (C=O) groups excluding carboxylic acids is 1. The molecule has 0 saturated heterocycles. The molecular formula is C30H41N3O10P+. The number of anilines is 2. The van der Waals surface area contributed by atoms with Crippen LogP contribution in [0.4, 0.5) is 11.4 Å². The lowest BCUT2D eigenvalue weighted by Gasteiger charge is -2.24. The lowest BCUT2D eigenvalue weighted by atomic mass is 10.2. The third kappa shape index (κ3) is 13.7. The zero-order valence-corrected chi connectivity index (χ0v) is 26.1. The van der Waals surface area contributed by atoms with Crippen LogP contribution in [-0.4, -0.2) is 89.3 Å². The number of esters is 1.